The third-order valence-corrected chi connectivity index (χ3v) is 6.04. The summed E-state index contributed by atoms with van der Waals surface area (Å²) in [7, 11) is -0.530. The van der Waals surface area contributed by atoms with Crippen LogP contribution in [0.5, 0.6) is 23.0 Å². The van der Waals surface area contributed by atoms with Crippen LogP contribution in [-0.4, -0.2) is 60.5 Å². The Kier molecular flexibility index (Phi) is 12.2. The van der Waals surface area contributed by atoms with Crippen LogP contribution in [0.1, 0.15) is 54.6 Å². The summed E-state index contributed by atoms with van der Waals surface area (Å²) >= 11 is 0. The quantitative estimate of drug-likeness (QED) is 0.305. The van der Waals surface area contributed by atoms with Gasteiger partial charge in [-0.15, -0.1) is 0 Å². The van der Waals surface area contributed by atoms with Crippen LogP contribution >= 0.6 is 0 Å². The van der Waals surface area contributed by atoms with Gasteiger partial charge in [0.15, 0.2) is 6.61 Å². The van der Waals surface area contributed by atoms with Crippen LogP contribution in [0.4, 0.5) is 0 Å². The number of amides is 2. The van der Waals surface area contributed by atoms with E-state index >= 15 is 0 Å². The summed E-state index contributed by atoms with van der Waals surface area (Å²) in [5, 5.41) is 2.63. The summed E-state index contributed by atoms with van der Waals surface area (Å²) in [4.78, 5) is 24.1. The lowest BCUT2D eigenvalue weighted by Crippen LogP contribution is -2.33. The van der Waals surface area contributed by atoms with Crippen molar-refractivity contribution in [1.29, 1.82) is 0 Å². The third kappa shape index (κ3) is 9.13. The molecule has 10 nitrogen and oxygen atoms in total. The molecule has 0 aromatic heterocycles. The molecule has 0 unspecified atom stereocenters. The van der Waals surface area contributed by atoms with Crippen LogP contribution in [0.15, 0.2) is 30.3 Å². The van der Waals surface area contributed by atoms with Crippen molar-refractivity contribution < 1.29 is 37.0 Å². The maximum Gasteiger partial charge on any atom is 0.271 e. The van der Waals surface area contributed by atoms with Gasteiger partial charge < -0.3 is 24.3 Å². The lowest BCUT2D eigenvalue weighted by molar-refractivity contribution is -0.121. The van der Waals surface area contributed by atoms with Crippen LogP contribution in [0.25, 0.3) is 0 Å². The van der Waals surface area contributed by atoms with E-state index in [2.05, 4.69) is 5.32 Å². The molecule has 11 heteroatoms. The average molecular weight is 551 g/mol. The molecule has 38 heavy (non-hydrogen) atoms. The van der Waals surface area contributed by atoms with Gasteiger partial charge in [0, 0.05) is 24.6 Å². The first-order valence-electron chi connectivity index (χ1n) is 12.6. The summed E-state index contributed by atoms with van der Waals surface area (Å²) in [6.07, 6.45) is 4.55. The van der Waals surface area contributed by atoms with Crippen molar-refractivity contribution in [2.45, 2.75) is 46.0 Å². The molecule has 0 saturated heterocycles. The normalized spacial score (nSPS) is 11.0. The number of ether oxygens (including phenoxy) is 4. The molecule has 0 bridgehead atoms. The lowest BCUT2D eigenvalue weighted by atomic mass is 10.0. The van der Waals surface area contributed by atoms with Crippen molar-refractivity contribution in [2.24, 2.45) is 0 Å². The zero-order chi connectivity index (χ0) is 28.1. The van der Waals surface area contributed by atoms with Crippen LogP contribution in [0.2, 0.25) is 0 Å². The Morgan fingerprint density at radius 2 is 1.45 bits per heavy atom. The maximum absolute atomic E-state index is 12.2. The van der Waals surface area contributed by atoms with Gasteiger partial charge in [0.05, 0.1) is 32.1 Å². The molecule has 0 atom stereocenters. The number of rotatable bonds is 16. The molecule has 2 rings (SSSR count). The van der Waals surface area contributed by atoms with E-state index in [1.807, 2.05) is 24.6 Å². The summed E-state index contributed by atoms with van der Waals surface area (Å²) in [5.74, 6) is 1.33. The van der Waals surface area contributed by atoms with E-state index in [4.69, 9.17) is 18.9 Å². The predicted molar refractivity (Wildman–Crippen MR) is 145 cm³/mol. The minimum absolute atomic E-state index is 0.218. The molecule has 0 saturated carbocycles. The Balaban J connectivity index is 2.02. The molecule has 0 fully saturated rings. The number of nitrogens with one attached hydrogen (secondary N) is 2. The van der Waals surface area contributed by atoms with Gasteiger partial charge in [0.1, 0.15) is 23.0 Å². The molecule has 0 radical (unpaired) electrons. The highest BCUT2D eigenvalue weighted by Gasteiger charge is 2.19. The Labute approximate surface area is 225 Å². The van der Waals surface area contributed by atoms with Gasteiger partial charge in [0.2, 0.25) is 10.0 Å². The van der Waals surface area contributed by atoms with E-state index in [-0.39, 0.29) is 5.91 Å². The second kappa shape index (κ2) is 15.1. The molecule has 0 aliphatic rings. The average Bonchev–Trinajstić information content (AvgIpc) is 2.87. The number of sulfonamides is 1. The molecule has 210 valence electrons. The standard InChI is InChI=1S/C27H38N2O8S/c1-6-10-19-22(12-8-13-23(19)37-18-25(30)29-38(5,32)33)35-16-9-17-36-24-15-14-21(27(31)28-3)26(34-4)20(24)11-7-2/h8,12-15H,6-7,9-11,16-18H2,1-5H3,(H,28,31)(H,29,30). The van der Waals surface area contributed by atoms with Crippen molar-refractivity contribution in [3.05, 3.63) is 47.0 Å². The highest BCUT2D eigenvalue weighted by molar-refractivity contribution is 7.89. The lowest BCUT2D eigenvalue weighted by Gasteiger charge is -2.18. The molecule has 0 spiro atoms. The molecule has 2 N–H and O–H groups in total. The van der Waals surface area contributed by atoms with Gasteiger partial charge in [-0.3, -0.25) is 14.3 Å². The number of carbonyl (C=O) groups is 2. The number of benzene rings is 2. The Hall–Kier alpha value is -3.47. The van der Waals surface area contributed by atoms with Crippen LogP contribution < -0.4 is 29.0 Å². The Morgan fingerprint density at radius 1 is 0.868 bits per heavy atom. The van der Waals surface area contributed by atoms with Gasteiger partial charge in [-0.1, -0.05) is 32.8 Å². The van der Waals surface area contributed by atoms with Gasteiger partial charge >= 0.3 is 0 Å². The largest absolute Gasteiger partial charge is 0.495 e. The molecular weight excluding hydrogens is 512 g/mol. The number of methoxy groups -OCH3 is 1. The summed E-state index contributed by atoms with van der Waals surface area (Å²) in [6, 6.07) is 8.79. The zero-order valence-electron chi connectivity index (χ0n) is 22.7. The monoisotopic (exact) mass is 550 g/mol. The van der Waals surface area contributed by atoms with Crippen LogP contribution in [0.3, 0.4) is 0 Å². The predicted octanol–water partition coefficient (Wildman–Crippen LogP) is 3.26. The van der Waals surface area contributed by atoms with Gasteiger partial charge in [-0.25, -0.2) is 8.42 Å². The SMILES string of the molecule is CCCc1c(OCCCOc2ccc(C(=O)NC)c(OC)c2CCC)cccc1OCC(=O)NS(C)(=O)=O. The highest BCUT2D eigenvalue weighted by atomic mass is 32.2. The van der Waals surface area contributed by atoms with Gasteiger partial charge in [0.25, 0.3) is 11.8 Å². The van der Waals surface area contributed by atoms with E-state index in [1.165, 1.54) is 0 Å². The molecule has 0 heterocycles. The molecule has 0 aliphatic carbocycles. The van der Waals surface area contributed by atoms with Crippen molar-refractivity contribution >= 4 is 21.8 Å². The molecular formula is C27H38N2O8S. The minimum Gasteiger partial charge on any atom is -0.495 e. The van der Waals surface area contributed by atoms with Crippen molar-refractivity contribution in [3.63, 3.8) is 0 Å². The fourth-order valence-corrected chi connectivity index (χ4v) is 4.37. The summed E-state index contributed by atoms with van der Waals surface area (Å²) in [5.41, 5.74) is 2.13. The maximum atomic E-state index is 12.2. The second-order valence-electron chi connectivity index (χ2n) is 8.57. The topological polar surface area (TPSA) is 129 Å². The van der Waals surface area contributed by atoms with Gasteiger partial charge in [-0.05, 0) is 37.1 Å². The molecule has 2 aromatic rings. The molecule has 0 aliphatic heterocycles. The fourth-order valence-electron chi connectivity index (χ4n) is 3.89. The molecule has 2 aromatic carbocycles. The molecule has 2 amide bonds. The van der Waals surface area contributed by atoms with Crippen LogP contribution in [0, 0.1) is 0 Å². The highest BCUT2D eigenvalue weighted by Crippen LogP contribution is 2.34. The summed E-state index contributed by atoms with van der Waals surface area (Å²) in [6.45, 7) is 4.41. The Morgan fingerprint density at radius 3 is 2.00 bits per heavy atom. The minimum atomic E-state index is -3.65. The van der Waals surface area contributed by atoms with E-state index < -0.39 is 22.5 Å². The van der Waals surface area contributed by atoms with Crippen molar-refractivity contribution in [2.75, 3.05) is 40.2 Å². The van der Waals surface area contributed by atoms with E-state index in [1.54, 1.807) is 38.4 Å². The number of hydrogen-bond donors (Lipinski definition) is 2. The number of hydrogen-bond acceptors (Lipinski definition) is 8. The first-order valence-corrected chi connectivity index (χ1v) is 14.5. The van der Waals surface area contributed by atoms with Gasteiger partial charge in [-0.2, -0.15) is 0 Å². The van der Waals surface area contributed by atoms with E-state index in [9.17, 15) is 18.0 Å². The third-order valence-electron chi connectivity index (χ3n) is 5.45. The van der Waals surface area contributed by atoms with Crippen molar-refractivity contribution in [1.82, 2.24) is 10.0 Å². The number of carbonyl (C=O) groups excluding carboxylic acids is 2. The Bertz CT molecular complexity index is 1200. The first kappa shape index (κ1) is 30.8. The first-order chi connectivity index (χ1) is 18.1. The smallest absolute Gasteiger partial charge is 0.271 e. The second-order valence-corrected chi connectivity index (χ2v) is 10.3. The van der Waals surface area contributed by atoms with Crippen molar-refractivity contribution in [3.8, 4) is 23.0 Å². The van der Waals surface area contributed by atoms with Crippen LogP contribution in [-0.2, 0) is 27.7 Å². The fraction of sp³-hybridized carbons (Fsp3) is 0.481. The summed E-state index contributed by atoms with van der Waals surface area (Å²) < 4.78 is 47.5. The zero-order valence-corrected chi connectivity index (χ0v) is 23.5. The van der Waals surface area contributed by atoms with E-state index in [0.29, 0.717) is 61.0 Å². The van der Waals surface area contributed by atoms with E-state index in [0.717, 1.165) is 30.2 Å².